The fraction of sp³-hybridized carbons (Fsp3) is 0.394. The number of piperidine rings is 1. The number of halogens is 2. The van der Waals surface area contributed by atoms with E-state index in [0.717, 1.165) is 69.1 Å². The Kier molecular flexibility index (Phi) is 10.4. The van der Waals surface area contributed by atoms with Gasteiger partial charge in [-0.2, -0.15) is 0 Å². The second-order valence-corrected chi connectivity index (χ2v) is 11.4. The maximum absolute atomic E-state index is 15.1. The molecule has 4 heterocycles. The number of aliphatic imine (C=N–C) groups is 1. The fourth-order valence-corrected chi connectivity index (χ4v) is 6.24. The fourth-order valence-electron chi connectivity index (χ4n) is 6.24. The zero-order valence-electron chi connectivity index (χ0n) is 24.6. The van der Waals surface area contributed by atoms with Crippen LogP contribution in [0.5, 0.6) is 0 Å². The Morgan fingerprint density at radius 2 is 1.67 bits per heavy atom. The van der Waals surface area contributed by atoms with Crippen LogP contribution in [-0.4, -0.2) is 67.9 Å². The van der Waals surface area contributed by atoms with Gasteiger partial charge < -0.3 is 20.4 Å². The number of aliphatic carboxylic acids is 2. The van der Waals surface area contributed by atoms with Gasteiger partial charge in [0.15, 0.2) is 5.82 Å². The van der Waals surface area contributed by atoms with Gasteiger partial charge in [0, 0.05) is 35.0 Å². The number of hydrogen-bond donors (Lipinski definition) is 3. The maximum atomic E-state index is 15.1. The van der Waals surface area contributed by atoms with Gasteiger partial charge in [-0.3, -0.25) is 4.99 Å². The summed E-state index contributed by atoms with van der Waals surface area (Å²) in [6.45, 7) is 4.16. The predicted molar refractivity (Wildman–Crippen MR) is 168 cm³/mol. The normalized spacial score (nSPS) is 17.3. The van der Waals surface area contributed by atoms with Crippen LogP contribution < -0.4 is 5.32 Å². The Balaban J connectivity index is 0.000000455. The number of nitrogens with zero attached hydrogens (tertiary/aromatic N) is 5. The molecule has 1 aromatic carbocycles. The summed E-state index contributed by atoms with van der Waals surface area (Å²) in [7, 11) is 2.15. The highest BCUT2D eigenvalue weighted by atomic mass is 19.1. The van der Waals surface area contributed by atoms with E-state index in [1.54, 1.807) is 0 Å². The van der Waals surface area contributed by atoms with E-state index >= 15 is 4.39 Å². The van der Waals surface area contributed by atoms with Crippen LogP contribution in [0.15, 0.2) is 53.8 Å². The van der Waals surface area contributed by atoms with Crippen molar-refractivity contribution in [1.82, 2.24) is 19.9 Å². The minimum atomic E-state index is -1.26. The van der Waals surface area contributed by atoms with Crippen molar-refractivity contribution in [3.05, 3.63) is 71.6 Å². The molecular formula is C33H38F2N6O4. The molecule has 0 unspecified atom stereocenters. The van der Waals surface area contributed by atoms with Gasteiger partial charge in [0.1, 0.15) is 23.0 Å². The maximum Gasteiger partial charge on any atom is 0.328 e. The Morgan fingerprint density at radius 1 is 1.00 bits per heavy atom. The smallest absolute Gasteiger partial charge is 0.328 e. The van der Waals surface area contributed by atoms with Crippen LogP contribution in [0.3, 0.4) is 0 Å². The lowest BCUT2D eigenvalue weighted by atomic mass is 9.76. The predicted octanol–water partition coefficient (Wildman–Crippen LogP) is 6.64. The van der Waals surface area contributed by atoms with Crippen molar-refractivity contribution in [1.29, 1.82) is 0 Å². The van der Waals surface area contributed by atoms with Crippen LogP contribution in [-0.2, 0) is 15.0 Å². The molecule has 3 aliphatic rings. The molecule has 45 heavy (non-hydrogen) atoms. The molecule has 238 valence electrons. The van der Waals surface area contributed by atoms with Crippen LogP contribution in [0.4, 0.5) is 26.2 Å². The van der Waals surface area contributed by atoms with Crippen LogP contribution in [0.25, 0.3) is 11.3 Å². The zero-order valence-corrected chi connectivity index (χ0v) is 24.6. The van der Waals surface area contributed by atoms with E-state index in [1.807, 2.05) is 25.3 Å². The number of carboxylic acid groups (broad SMARTS) is 2. The van der Waals surface area contributed by atoms with Crippen molar-refractivity contribution in [2.24, 2.45) is 4.99 Å². The Hall–Kier alpha value is -4.58. The number of fused-ring (bicyclic) bond motifs is 2. The first kappa shape index (κ1) is 33.3. The number of rotatable bonds is 6. The average Bonchev–Trinajstić information content (AvgIpc) is 3.60. The van der Waals surface area contributed by atoms with Crippen LogP contribution in [0.2, 0.25) is 0 Å². The number of pyridine rings is 1. The summed E-state index contributed by atoms with van der Waals surface area (Å²) in [4.78, 5) is 39.1. The summed E-state index contributed by atoms with van der Waals surface area (Å²) in [6.07, 6.45) is 10.4. The molecule has 0 radical (unpaired) electrons. The topological polar surface area (TPSA) is 141 Å². The summed E-state index contributed by atoms with van der Waals surface area (Å²) in [5.41, 5.74) is 3.64. The first-order valence-electron chi connectivity index (χ1n) is 14.5. The number of aromatic nitrogens is 3. The second kappa shape index (κ2) is 14.0. The lowest BCUT2D eigenvalue weighted by molar-refractivity contribution is -0.134. The summed E-state index contributed by atoms with van der Waals surface area (Å²) < 4.78 is 30.0. The monoisotopic (exact) mass is 620 g/mol. The standard InChI is InChI=1S/C28H30F2N6.C4H4O4.CH4/c1-17-28(9-3-4-10-28)21-13-20(14-22(29)26(21)33-17)25-23(30)16-32-27(35-25)34-24-6-5-19(15-31-24)18-7-11-36(2)12-8-18;5-3(6)1-2-4(7)8;/h5-6,13-16,18H,3-4,7-12H2,1-2H3,(H,31,32,34,35);1-2H,(H,5,6)(H,7,8);1H4/b;2-1+;. The molecule has 12 heteroatoms. The van der Waals surface area contributed by atoms with Crippen LogP contribution in [0, 0.1) is 11.6 Å². The minimum Gasteiger partial charge on any atom is -0.478 e. The highest BCUT2D eigenvalue weighted by molar-refractivity contribution is 6.01. The first-order chi connectivity index (χ1) is 21.1. The Bertz CT molecular complexity index is 1600. The second-order valence-electron chi connectivity index (χ2n) is 11.4. The van der Waals surface area contributed by atoms with Gasteiger partial charge in [-0.25, -0.2) is 33.3 Å². The molecule has 3 N–H and O–H groups in total. The molecule has 6 rings (SSSR count). The van der Waals surface area contributed by atoms with E-state index in [9.17, 15) is 14.0 Å². The van der Waals surface area contributed by atoms with E-state index in [1.165, 1.54) is 11.6 Å². The van der Waals surface area contributed by atoms with Gasteiger partial charge in [0.2, 0.25) is 5.95 Å². The van der Waals surface area contributed by atoms with Gasteiger partial charge in [0.25, 0.3) is 0 Å². The highest BCUT2D eigenvalue weighted by Gasteiger charge is 2.44. The van der Waals surface area contributed by atoms with E-state index in [0.29, 0.717) is 35.1 Å². The quantitative estimate of drug-likeness (QED) is 0.259. The van der Waals surface area contributed by atoms with Crippen molar-refractivity contribution in [3.63, 3.8) is 0 Å². The van der Waals surface area contributed by atoms with Gasteiger partial charge in [0.05, 0.1) is 6.20 Å². The first-order valence-corrected chi connectivity index (χ1v) is 14.5. The summed E-state index contributed by atoms with van der Waals surface area (Å²) >= 11 is 0. The summed E-state index contributed by atoms with van der Waals surface area (Å²) in [5, 5.41) is 18.7. The molecule has 0 atom stereocenters. The van der Waals surface area contributed by atoms with E-state index in [4.69, 9.17) is 10.2 Å². The number of carbonyl (C=O) groups is 2. The number of nitrogens with one attached hydrogen (secondary N) is 1. The molecule has 1 spiro atoms. The molecule has 0 amide bonds. The third kappa shape index (κ3) is 7.39. The van der Waals surface area contributed by atoms with Crippen LogP contribution >= 0.6 is 0 Å². The van der Waals surface area contributed by atoms with E-state index in [-0.39, 0.29) is 24.5 Å². The average molecular weight is 621 g/mol. The molecule has 2 fully saturated rings. The van der Waals surface area contributed by atoms with Crippen molar-refractivity contribution < 1.29 is 28.6 Å². The van der Waals surface area contributed by atoms with Crippen molar-refractivity contribution in [3.8, 4) is 11.3 Å². The third-order valence-electron chi connectivity index (χ3n) is 8.61. The summed E-state index contributed by atoms with van der Waals surface area (Å²) in [6, 6.07) is 7.18. The van der Waals surface area contributed by atoms with Gasteiger partial charge in [-0.15, -0.1) is 0 Å². The van der Waals surface area contributed by atoms with Gasteiger partial charge in [-0.05, 0) is 88.0 Å². The SMILES string of the molecule is C.CC1=Nc2c(F)cc(-c3nc(Nc4ccc(C5CCN(C)CC5)cn4)ncc3F)cc2C12CCCC2.O=C(O)/C=C/C(=O)O. The lowest BCUT2D eigenvalue weighted by Gasteiger charge is -2.29. The molecule has 1 saturated carbocycles. The number of likely N-dealkylation sites (tertiary alicyclic amines) is 1. The molecular weight excluding hydrogens is 582 g/mol. The van der Waals surface area contributed by atoms with Crippen molar-refractivity contribution in [2.75, 3.05) is 25.5 Å². The number of anilines is 2. The van der Waals surface area contributed by atoms with Gasteiger partial charge in [-0.1, -0.05) is 26.3 Å². The van der Waals surface area contributed by atoms with Crippen molar-refractivity contribution in [2.45, 2.75) is 64.2 Å². The van der Waals surface area contributed by atoms with Crippen LogP contribution in [0.1, 0.15) is 69.9 Å². The lowest BCUT2D eigenvalue weighted by Crippen LogP contribution is -2.29. The van der Waals surface area contributed by atoms with Crippen molar-refractivity contribution >= 4 is 35.1 Å². The Morgan fingerprint density at radius 3 is 2.27 bits per heavy atom. The largest absolute Gasteiger partial charge is 0.478 e. The number of carboxylic acids is 2. The number of hydrogen-bond acceptors (Lipinski definition) is 8. The van der Waals surface area contributed by atoms with E-state index < -0.39 is 23.6 Å². The minimum absolute atomic E-state index is 0. The molecule has 2 aromatic heterocycles. The molecule has 1 saturated heterocycles. The van der Waals surface area contributed by atoms with E-state index in [2.05, 4.69) is 43.3 Å². The molecule has 2 aliphatic heterocycles. The zero-order chi connectivity index (χ0) is 31.4. The third-order valence-corrected chi connectivity index (χ3v) is 8.61. The molecule has 0 bridgehead atoms. The number of benzene rings is 1. The molecule has 1 aliphatic carbocycles. The Labute approximate surface area is 261 Å². The highest BCUT2D eigenvalue weighted by Crippen LogP contribution is 2.52. The molecule has 3 aromatic rings. The summed E-state index contributed by atoms with van der Waals surface area (Å²) in [5.74, 6) is -2.24. The van der Waals surface area contributed by atoms with Gasteiger partial charge >= 0.3 is 11.9 Å². The molecule has 10 nitrogen and oxygen atoms in total.